The van der Waals surface area contributed by atoms with Gasteiger partial charge in [0.1, 0.15) is 0 Å². The number of urea groups is 1. The molecule has 7 heteroatoms. The van der Waals surface area contributed by atoms with E-state index in [1.807, 2.05) is 31.2 Å². The number of carbonyl (C=O) groups is 1. The van der Waals surface area contributed by atoms with Gasteiger partial charge >= 0.3 is 6.03 Å². The van der Waals surface area contributed by atoms with Crippen molar-refractivity contribution in [2.75, 3.05) is 11.9 Å². The number of hydrogen-bond acceptors (Lipinski definition) is 3. The molecule has 2 aromatic rings. The van der Waals surface area contributed by atoms with Crippen LogP contribution >= 0.6 is 11.6 Å². The third-order valence-corrected chi connectivity index (χ3v) is 3.56. The summed E-state index contributed by atoms with van der Waals surface area (Å²) >= 11 is 5.92. The Balaban J connectivity index is 1.88. The molecule has 0 saturated heterocycles. The number of nitro benzene ring substituents is 1. The van der Waals surface area contributed by atoms with Crippen LogP contribution in [0, 0.1) is 17.0 Å². The molecule has 6 nitrogen and oxygen atoms in total. The van der Waals surface area contributed by atoms with Crippen LogP contribution in [0.1, 0.15) is 11.1 Å². The summed E-state index contributed by atoms with van der Waals surface area (Å²) in [7, 11) is 0. The van der Waals surface area contributed by atoms with Gasteiger partial charge in [0.15, 0.2) is 0 Å². The third-order valence-electron chi connectivity index (χ3n) is 3.23. The minimum atomic E-state index is -0.545. The van der Waals surface area contributed by atoms with Crippen LogP contribution < -0.4 is 10.6 Å². The number of benzene rings is 2. The fourth-order valence-corrected chi connectivity index (χ4v) is 2.13. The molecule has 0 aromatic heterocycles. The van der Waals surface area contributed by atoms with E-state index in [0.29, 0.717) is 13.0 Å². The van der Waals surface area contributed by atoms with Crippen molar-refractivity contribution in [2.24, 2.45) is 0 Å². The second kappa shape index (κ2) is 7.60. The summed E-state index contributed by atoms with van der Waals surface area (Å²) in [4.78, 5) is 22.0. The molecular weight excluding hydrogens is 318 g/mol. The summed E-state index contributed by atoms with van der Waals surface area (Å²) in [6, 6.07) is 11.5. The van der Waals surface area contributed by atoms with Gasteiger partial charge in [-0.15, -0.1) is 0 Å². The number of halogens is 1. The van der Waals surface area contributed by atoms with E-state index in [9.17, 15) is 14.9 Å². The largest absolute Gasteiger partial charge is 0.338 e. The molecule has 0 saturated carbocycles. The number of aryl methyl sites for hydroxylation is 1. The van der Waals surface area contributed by atoms with E-state index in [2.05, 4.69) is 10.6 Å². The third kappa shape index (κ3) is 4.96. The van der Waals surface area contributed by atoms with Gasteiger partial charge in [-0.1, -0.05) is 41.4 Å². The van der Waals surface area contributed by atoms with Gasteiger partial charge in [-0.3, -0.25) is 10.1 Å². The van der Waals surface area contributed by atoms with Crippen molar-refractivity contribution in [1.82, 2.24) is 5.32 Å². The lowest BCUT2D eigenvalue weighted by atomic mass is 10.1. The van der Waals surface area contributed by atoms with Gasteiger partial charge in [-0.2, -0.15) is 0 Å². The predicted octanol–water partition coefficient (Wildman–Crippen LogP) is 3.92. The molecule has 2 N–H and O–H groups in total. The number of nitrogens with one attached hydrogen (secondary N) is 2. The van der Waals surface area contributed by atoms with E-state index >= 15 is 0 Å². The molecule has 0 atom stereocenters. The minimum absolute atomic E-state index is 0.135. The van der Waals surface area contributed by atoms with Gasteiger partial charge in [0, 0.05) is 18.7 Å². The summed E-state index contributed by atoms with van der Waals surface area (Å²) < 4.78 is 0. The Bertz CT molecular complexity index is 717. The number of nitro groups is 1. The Morgan fingerprint density at radius 3 is 2.57 bits per heavy atom. The van der Waals surface area contributed by atoms with Crippen molar-refractivity contribution < 1.29 is 9.72 Å². The van der Waals surface area contributed by atoms with Crippen LogP contribution in [0.15, 0.2) is 42.5 Å². The normalized spacial score (nSPS) is 10.2. The molecule has 2 amide bonds. The van der Waals surface area contributed by atoms with Crippen molar-refractivity contribution in [3.8, 4) is 0 Å². The van der Waals surface area contributed by atoms with E-state index in [-0.39, 0.29) is 16.4 Å². The number of amides is 2. The van der Waals surface area contributed by atoms with Gasteiger partial charge < -0.3 is 10.6 Å². The van der Waals surface area contributed by atoms with Crippen molar-refractivity contribution in [2.45, 2.75) is 13.3 Å². The summed E-state index contributed by atoms with van der Waals surface area (Å²) in [5.74, 6) is 0. The van der Waals surface area contributed by atoms with E-state index in [1.54, 1.807) is 0 Å². The van der Waals surface area contributed by atoms with Gasteiger partial charge in [0.25, 0.3) is 5.69 Å². The first kappa shape index (κ1) is 16.8. The Labute approximate surface area is 138 Å². The molecule has 0 bridgehead atoms. The molecular formula is C16H16ClN3O3. The number of rotatable bonds is 5. The van der Waals surface area contributed by atoms with Gasteiger partial charge in [-0.25, -0.2) is 4.79 Å². The number of hydrogen-bond donors (Lipinski definition) is 2. The smallest absolute Gasteiger partial charge is 0.319 e. The molecule has 23 heavy (non-hydrogen) atoms. The summed E-state index contributed by atoms with van der Waals surface area (Å²) in [5.41, 5.74) is 2.36. The first-order valence-corrected chi connectivity index (χ1v) is 7.38. The quantitative estimate of drug-likeness (QED) is 0.642. The maximum Gasteiger partial charge on any atom is 0.319 e. The van der Waals surface area contributed by atoms with Crippen LogP contribution in [0.25, 0.3) is 0 Å². The highest BCUT2D eigenvalue weighted by molar-refractivity contribution is 6.33. The molecule has 2 aromatic carbocycles. The zero-order chi connectivity index (χ0) is 16.8. The number of non-ortho nitro benzene ring substituents is 1. The highest BCUT2D eigenvalue weighted by Gasteiger charge is 2.11. The maximum absolute atomic E-state index is 11.8. The van der Waals surface area contributed by atoms with Gasteiger partial charge in [0.2, 0.25) is 0 Å². The van der Waals surface area contributed by atoms with Crippen molar-refractivity contribution in [1.29, 1.82) is 0 Å². The molecule has 120 valence electrons. The van der Waals surface area contributed by atoms with Crippen LogP contribution in [-0.2, 0) is 6.42 Å². The number of carbonyl (C=O) groups excluding carboxylic acids is 1. The Hall–Kier alpha value is -2.60. The maximum atomic E-state index is 11.8. The van der Waals surface area contributed by atoms with Crippen molar-refractivity contribution >= 4 is 29.0 Å². The molecule has 0 aliphatic carbocycles. The average Bonchev–Trinajstić information content (AvgIpc) is 2.51. The first-order chi connectivity index (χ1) is 11.0. The Morgan fingerprint density at radius 2 is 1.91 bits per heavy atom. The SMILES string of the molecule is Cc1ccc(CCNC(=O)Nc2cc([N+](=O)[O-])ccc2Cl)cc1. The molecule has 0 aliphatic rings. The van der Waals surface area contributed by atoms with E-state index in [1.165, 1.54) is 23.8 Å². The molecule has 0 radical (unpaired) electrons. The van der Waals surface area contributed by atoms with Crippen molar-refractivity contribution in [3.63, 3.8) is 0 Å². The molecule has 0 aliphatic heterocycles. The van der Waals surface area contributed by atoms with Crippen LogP contribution in [-0.4, -0.2) is 17.5 Å². The number of anilines is 1. The lowest BCUT2D eigenvalue weighted by Gasteiger charge is -2.09. The zero-order valence-electron chi connectivity index (χ0n) is 12.5. The van der Waals surface area contributed by atoms with Crippen LogP contribution in [0.2, 0.25) is 5.02 Å². The summed E-state index contributed by atoms with van der Waals surface area (Å²) in [6.45, 7) is 2.46. The number of nitrogens with zero attached hydrogens (tertiary/aromatic N) is 1. The minimum Gasteiger partial charge on any atom is -0.338 e. The predicted molar refractivity (Wildman–Crippen MR) is 90.0 cm³/mol. The topological polar surface area (TPSA) is 84.3 Å². The summed E-state index contributed by atoms with van der Waals surface area (Å²) in [6.07, 6.45) is 0.691. The standard InChI is InChI=1S/C16H16ClN3O3/c1-11-2-4-12(5-3-11)8-9-18-16(21)19-15-10-13(20(22)23)6-7-14(15)17/h2-7,10H,8-9H2,1H3,(H2,18,19,21). The first-order valence-electron chi connectivity index (χ1n) is 7.00. The van der Waals surface area contributed by atoms with Gasteiger partial charge in [0.05, 0.1) is 15.6 Å². The fraction of sp³-hybridized carbons (Fsp3) is 0.188. The van der Waals surface area contributed by atoms with Crippen molar-refractivity contribution in [3.05, 3.63) is 68.7 Å². The lowest BCUT2D eigenvalue weighted by molar-refractivity contribution is -0.384. The van der Waals surface area contributed by atoms with E-state index in [4.69, 9.17) is 11.6 Å². The Morgan fingerprint density at radius 1 is 1.22 bits per heavy atom. The molecule has 0 spiro atoms. The molecule has 0 heterocycles. The molecule has 2 rings (SSSR count). The second-order valence-electron chi connectivity index (χ2n) is 5.04. The lowest BCUT2D eigenvalue weighted by Crippen LogP contribution is -2.30. The second-order valence-corrected chi connectivity index (χ2v) is 5.44. The van der Waals surface area contributed by atoms with Crippen LogP contribution in [0.5, 0.6) is 0 Å². The summed E-state index contributed by atoms with van der Waals surface area (Å²) in [5, 5.41) is 16.2. The Kier molecular flexibility index (Phi) is 5.54. The van der Waals surface area contributed by atoms with Crippen LogP contribution in [0.4, 0.5) is 16.2 Å². The zero-order valence-corrected chi connectivity index (χ0v) is 13.3. The highest BCUT2D eigenvalue weighted by Crippen LogP contribution is 2.26. The van der Waals surface area contributed by atoms with E-state index < -0.39 is 11.0 Å². The highest BCUT2D eigenvalue weighted by atomic mass is 35.5. The monoisotopic (exact) mass is 333 g/mol. The average molecular weight is 334 g/mol. The van der Waals surface area contributed by atoms with E-state index in [0.717, 1.165) is 5.56 Å². The molecule has 0 unspecified atom stereocenters. The van der Waals surface area contributed by atoms with Gasteiger partial charge in [-0.05, 0) is 25.0 Å². The van der Waals surface area contributed by atoms with Crippen LogP contribution in [0.3, 0.4) is 0 Å². The fourth-order valence-electron chi connectivity index (χ4n) is 1.96. The molecule has 0 fully saturated rings.